The first kappa shape index (κ1) is 15.9. The van der Waals surface area contributed by atoms with Crippen LogP contribution in [0.1, 0.15) is 12.0 Å². The molecule has 0 aliphatic carbocycles. The molecule has 7 nitrogen and oxygen atoms in total. The van der Waals surface area contributed by atoms with E-state index in [9.17, 15) is 14.9 Å². The fourth-order valence-electron chi connectivity index (χ4n) is 3.26. The van der Waals surface area contributed by atoms with Crippen molar-refractivity contribution in [1.82, 2.24) is 9.80 Å². The first-order valence-corrected chi connectivity index (χ1v) is 7.97. The monoisotopic (exact) mass is 319 g/mol. The van der Waals surface area contributed by atoms with Gasteiger partial charge in [-0.3, -0.25) is 19.8 Å². The zero-order valence-electron chi connectivity index (χ0n) is 13.0. The highest BCUT2D eigenvalue weighted by molar-refractivity contribution is 5.80. The molecule has 1 aromatic carbocycles. The van der Waals surface area contributed by atoms with Crippen molar-refractivity contribution in [2.24, 2.45) is 0 Å². The van der Waals surface area contributed by atoms with Crippen molar-refractivity contribution in [3.8, 4) is 0 Å². The number of hydrogen-bond acceptors (Lipinski definition) is 5. The van der Waals surface area contributed by atoms with Crippen LogP contribution in [0.4, 0.5) is 5.69 Å². The van der Waals surface area contributed by atoms with Gasteiger partial charge >= 0.3 is 0 Å². The molecule has 2 aliphatic heterocycles. The Kier molecular flexibility index (Phi) is 4.88. The van der Waals surface area contributed by atoms with E-state index in [0.29, 0.717) is 24.7 Å². The van der Waals surface area contributed by atoms with Crippen molar-refractivity contribution in [2.45, 2.75) is 18.9 Å². The van der Waals surface area contributed by atoms with Crippen molar-refractivity contribution in [1.29, 1.82) is 0 Å². The van der Waals surface area contributed by atoms with Gasteiger partial charge in [-0.2, -0.15) is 0 Å². The number of carbonyl (C=O) groups is 1. The summed E-state index contributed by atoms with van der Waals surface area (Å²) < 4.78 is 5.41. The third-order valence-corrected chi connectivity index (χ3v) is 4.62. The number of nitro groups is 1. The van der Waals surface area contributed by atoms with Crippen LogP contribution in [-0.4, -0.2) is 66.1 Å². The molecular weight excluding hydrogens is 298 g/mol. The van der Waals surface area contributed by atoms with Crippen molar-refractivity contribution in [3.05, 3.63) is 39.9 Å². The van der Waals surface area contributed by atoms with Crippen LogP contribution in [0.3, 0.4) is 0 Å². The number of para-hydroxylation sites is 1. The fourth-order valence-corrected chi connectivity index (χ4v) is 3.26. The van der Waals surface area contributed by atoms with Crippen LogP contribution in [0.5, 0.6) is 0 Å². The Balaban J connectivity index is 1.56. The van der Waals surface area contributed by atoms with E-state index < -0.39 is 4.92 Å². The Labute approximate surface area is 135 Å². The third kappa shape index (κ3) is 3.68. The number of rotatable bonds is 4. The summed E-state index contributed by atoms with van der Waals surface area (Å²) in [4.78, 5) is 27.2. The van der Waals surface area contributed by atoms with Gasteiger partial charge in [0.2, 0.25) is 5.91 Å². The van der Waals surface area contributed by atoms with Crippen molar-refractivity contribution in [2.75, 3.05) is 39.4 Å². The molecule has 0 spiro atoms. The quantitative estimate of drug-likeness (QED) is 0.613. The molecule has 2 heterocycles. The second kappa shape index (κ2) is 7.06. The van der Waals surface area contributed by atoms with Crippen LogP contribution in [-0.2, 0) is 16.0 Å². The summed E-state index contributed by atoms with van der Waals surface area (Å²) >= 11 is 0. The van der Waals surface area contributed by atoms with Crippen LogP contribution in [0.25, 0.3) is 0 Å². The largest absolute Gasteiger partial charge is 0.380 e. The SMILES string of the molecule is O=C(Cc1ccccc1[N+](=O)[O-])N1CCN([C@H]2CCOC2)CC1. The number of nitro benzene ring substituents is 1. The average molecular weight is 319 g/mol. The molecule has 0 aromatic heterocycles. The minimum absolute atomic E-state index is 0.0163. The van der Waals surface area contributed by atoms with Gasteiger partial charge < -0.3 is 9.64 Å². The average Bonchev–Trinajstić information content (AvgIpc) is 3.10. The van der Waals surface area contributed by atoms with Gasteiger partial charge in [0, 0.05) is 50.5 Å². The lowest BCUT2D eigenvalue weighted by molar-refractivity contribution is -0.385. The van der Waals surface area contributed by atoms with E-state index in [-0.39, 0.29) is 18.0 Å². The molecule has 23 heavy (non-hydrogen) atoms. The zero-order chi connectivity index (χ0) is 16.2. The van der Waals surface area contributed by atoms with Gasteiger partial charge in [0.15, 0.2) is 0 Å². The molecule has 0 saturated carbocycles. The Bertz CT molecular complexity index is 578. The minimum atomic E-state index is -0.430. The van der Waals surface area contributed by atoms with Crippen molar-refractivity contribution >= 4 is 11.6 Å². The van der Waals surface area contributed by atoms with E-state index in [2.05, 4.69) is 4.90 Å². The number of carbonyl (C=O) groups excluding carboxylic acids is 1. The number of ether oxygens (including phenoxy) is 1. The lowest BCUT2D eigenvalue weighted by atomic mass is 10.1. The summed E-state index contributed by atoms with van der Waals surface area (Å²) in [6.45, 7) is 4.64. The van der Waals surface area contributed by atoms with Crippen molar-refractivity contribution in [3.63, 3.8) is 0 Å². The summed E-state index contributed by atoms with van der Waals surface area (Å²) in [7, 11) is 0. The molecule has 1 atom stereocenters. The Morgan fingerprint density at radius 2 is 2.00 bits per heavy atom. The standard InChI is InChI=1S/C16H21N3O4/c20-16(11-13-3-1-2-4-15(13)19(21)22)18-8-6-17(7-9-18)14-5-10-23-12-14/h1-4,14H,5-12H2/t14-/m0/s1. The van der Waals surface area contributed by atoms with Crippen LogP contribution in [0.15, 0.2) is 24.3 Å². The van der Waals surface area contributed by atoms with E-state index in [1.54, 1.807) is 18.2 Å². The fraction of sp³-hybridized carbons (Fsp3) is 0.562. The molecular formula is C16H21N3O4. The van der Waals surface area contributed by atoms with Gasteiger partial charge in [-0.25, -0.2) is 0 Å². The molecule has 0 unspecified atom stereocenters. The first-order chi connectivity index (χ1) is 11.1. The maximum absolute atomic E-state index is 12.4. The van der Waals surface area contributed by atoms with E-state index in [0.717, 1.165) is 32.7 Å². The van der Waals surface area contributed by atoms with E-state index in [1.807, 2.05) is 4.90 Å². The van der Waals surface area contributed by atoms with Gasteiger partial charge in [-0.1, -0.05) is 18.2 Å². The van der Waals surface area contributed by atoms with Gasteiger partial charge in [0.05, 0.1) is 18.0 Å². The Morgan fingerprint density at radius 3 is 2.65 bits per heavy atom. The number of nitrogens with zero attached hydrogens (tertiary/aromatic N) is 3. The second-order valence-electron chi connectivity index (χ2n) is 6.00. The molecule has 124 valence electrons. The Hall–Kier alpha value is -1.99. The highest BCUT2D eigenvalue weighted by Crippen LogP contribution is 2.20. The van der Waals surface area contributed by atoms with Gasteiger partial charge in [0.1, 0.15) is 0 Å². The highest BCUT2D eigenvalue weighted by atomic mass is 16.6. The number of piperazine rings is 1. The van der Waals surface area contributed by atoms with E-state index in [1.165, 1.54) is 6.07 Å². The topological polar surface area (TPSA) is 75.9 Å². The third-order valence-electron chi connectivity index (χ3n) is 4.62. The molecule has 2 saturated heterocycles. The lowest BCUT2D eigenvalue weighted by Gasteiger charge is -2.37. The van der Waals surface area contributed by atoms with Crippen LogP contribution >= 0.6 is 0 Å². The highest BCUT2D eigenvalue weighted by Gasteiger charge is 2.29. The van der Waals surface area contributed by atoms with E-state index in [4.69, 9.17) is 4.74 Å². The Morgan fingerprint density at radius 1 is 1.26 bits per heavy atom. The molecule has 0 N–H and O–H groups in total. The normalized spacial score (nSPS) is 22.3. The molecule has 1 aromatic rings. The molecule has 1 amide bonds. The second-order valence-corrected chi connectivity index (χ2v) is 6.00. The van der Waals surface area contributed by atoms with Gasteiger partial charge in [-0.15, -0.1) is 0 Å². The van der Waals surface area contributed by atoms with Crippen LogP contribution in [0.2, 0.25) is 0 Å². The van der Waals surface area contributed by atoms with Gasteiger partial charge in [-0.05, 0) is 6.42 Å². The number of amides is 1. The summed E-state index contributed by atoms with van der Waals surface area (Å²) in [5.41, 5.74) is 0.497. The predicted molar refractivity (Wildman–Crippen MR) is 84.2 cm³/mol. The molecule has 3 rings (SSSR count). The van der Waals surface area contributed by atoms with Gasteiger partial charge in [0.25, 0.3) is 5.69 Å². The van der Waals surface area contributed by atoms with Crippen molar-refractivity contribution < 1.29 is 14.5 Å². The summed E-state index contributed by atoms with van der Waals surface area (Å²) in [5, 5.41) is 11.0. The summed E-state index contributed by atoms with van der Waals surface area (Å²) in [6, 6.07) is 6.92. The van der Waals surface area contributed by atoms with Crippen LogP contribution < -0.4 is 0 Å². The maximum Gasteiger partial charge on any atom is 0.273 e. The summed E-state index contributed by atoms with van der Waals surface area (Å²) in [6.07, 6.45) is 1.15. The molecule has 7 heteroatoms. The smallest absolute Gasteiger partial charge is 0.273 e. The van der Waals surface area contributed by atoms with E-state index >= 15 is 0 Å². The molecule has 2 fully saturated rings. The zero-order valence-corrected chi connectivity index (χ0v) is 13.0. The summed E-state index contributed by atoms with van der Waals surface area (Å²) in [5.74, 6) is -0.0402. The number of benzene rings is 1. The molecule has 2 aliphatic rings. The van der Waals surface area contributed by atoms with Crippen LogP contribution in [0, 0.1) is 10.1 Å². The molecule has 0 radical (unpaired) electrons. The number of hydrogen-bond donors (Lipinski definition) is 0. The minimum Gasteiger partial charge on any atom is -0.380 e. The lowest BCUT2D eigenvalue weighted by Crippen LogP contribution is -2.52. The molecule has 0 bridgehead atoms. The maximum atomic E-state index is 12.4. The first-order valence-electron chi connectivity index (χ1n) is 7.97. The predicted octanol–water partition coefficient (Wildman–Crippen LogP) is 1.07.